The summed E-state index contributed by atoms with van der Waals surface area (Å²) in [6.07, 6.45) is -3.96. The second-order valence-electron chi connectivity index (χ2n) is 3.48. The Morgan fingerprint density at radius 3 is 2.47 bits per heavy atom. The van der Waals surface area contributed by atoms with Crippen molar-refractivity contribution in [2.45, 2.75) is 13.0 Å². The van der Waals surface area contributed by atoms with Crippen molar-refractivity contribution in [3.8, 4) is 11.3 Å². The molecule has 0 aliphatic carbocycles. The summed E-state index contributed by atoms with van der Waals surface area (Å²) in [6.45, 7) is -2.85. The number of hydrogen-bond donors (Lipinski definition) is 0. The average molecular weight is 240 g/mol. The number of hydrogen-bond acceptors (Lipinski definition) is 1. The lowest BCUT2D eigenvalue weighted by molar-refractivity contribution is -0.138. The van der Waals surface area contributed by atoms with Gasteiger partial charge in [0, 0.05) is 15.9 Å². The molecule has 0 saturated carbocycles. The minimum atomic E-state index is -4.74. The molecule has 17 heavy (non-hydrogen) atoms. The average Bonchev–Trinajstić information content (AvgIpc) is 2.37. The van der Waals surface area contributed by atoms with Crippen molar-refractivity contribution in [2.24, 2.45) is 0 Å². The van der Waals surface area contributed by atoms with Crippen LogP contribution >= 0.6 is 0 Å². The van der Waals surface area contributed by atoms with E-state index < -0.39 is 24.2 Å². The van der Waals surface area contributed by atoms with Crippen molar-refractivity contribution in [2.75, 3.05) is 0 Å². The minimum absolute atomic E-state index is 0.0888. The summed E-state index contributed by atoms with van der Waals surface area (Å²) in [7, 11) is 0. The zero-order valence-electron chi connectivity index (χ0n) is 11.6. The first kappa shape index (κ1) is 8.28. The summed E-state index contributed by atoms with van der Waals surface area (Å²) >= 11 is 0. The SMILES string of the molecule is [2H]C([2H])([2H])c1cnc(-c2ccccc2)cc1C(F)(F)F. The van der Waals surface area contributed by atoms with Gasteiger partial charge in [-0.15, -0.1) is 0 Å². The van der Waals surface area contributed by atoms with Crippen LogP contribution in [0.4, 0.5) is 13.2 Å². The Labute approximate surface area is 101 Å². The number of benzene rings is 1. The molecular weight excluding hydrogens is 227 g/mol. The Bertz CT molecular complexity index is 606. The van der Waals surface area contributed by atoms with Crippen molar-refractivity contribution < 1.29 is 17.3 Å². The first-order valence-corrected chi connectivity index (χ1v) is 4.83. The third-order valence-corrected chi connectivity index (χ3v) is 2.28. The van der Waals surface area contributed by atoms with Gasteiger partial charge in [-0.25, -0.2) is 0 Å². The molecule has 1 aromatic carbocycles. The van der Waals surface area contributed by atoms with Gasteiger partial charge in [-0.05, 0) is 18.5 Å². The first-order chi connectivity index (χ1) is 9.19. The molecule has 0 atom stereocenters. The van der Waals surface area contributed by atoms with Crippen LogP contribution in [0.3, 0.4) is 0 Å². The number of aryl methyl sites for hydroxylation is 1. The predicted octanol–water partition coefficient (Wildman–Crippen LogP) is 4.08. The van der Waals surface area contributed by atoms with E-state index in [-0.39, 0.29) is 5.69 Å². The van der Waals surface area contributed by atoms with Crippen LogP contribution in [0.25, 0.3) is 11.3 Å². The smallest absolute Gasteiger partial charge is 0.256 e. The lowest BCUT2D eigenvalue weighted by Gasteiger charge is -2.11. The molecule has 0 spiro atoms. The standard InChI is InChI=1S/C13H10F3N/c1-9-8-17-12(7-11(9)13(14,15)16)10-5-3-2-4-6-10/h2-8H,1H3/i1D3. The maximum Gasteiger partial charge on any atom is 0.416 e. The highest BCUT2D eigenvalue weighted by Crippen LogP contribution is 2.33. The zero-order chi connectivity index (χ0) is 15.0. The largest absolute Gasteiger partial charge is 0.416 e. The van der Waals surface area contributed by atoms with Gasteiger partial charge in [-0.1, -0.05) is 30.3 Å². The van der Waals surface area contributed by atoms with Crippen LogP contribution in [-0.2, 0) is 6.18 Å². The molecule has 1 aromatic heterocycles. The molecule has 0 aliphatic heterocycles. The van der Waals surface area contributed by atoms with Crippen molar-refractivity contribution in [1.82, 2.24) is 4.98 Å². The van der Waals surface area contributed by atoms with Crippen LogP contribution < -0.4 is 0 Å². The second kappa shape index (κ2) is 4.20. The van der Waals surface area contributed by atoms with Crippen molar-refractivity contribution in [3.05, 3.63) is 53.7 Å². The fourth-order valence-corrected chi connectivity index (χ4v) is 1.46. The van der Waals surface area contributed by atoms with Crippen LogP contribution in [0.5, 0.6) is 0 Å². The quantitative estimate of drug-likeness (QED) is 0.732. The van der Waals surface area contributed by atoms with Crippen molar-refractivity contribution >= 4 is 0 Å². The molecule has 0 unspecified atom stereocenters. The fourth-order valence-electron chi connectivity index (χ4n) is 1.46. The van der Waals surface area contributed by atoms with Crippen LogP contribution in [0.15, 0.2) is 42.6 Å². The lowest BCUT2D eigenvalue weighted by Crippen LogP contribution is -2.08. The summed E-state index contributed by atoms with van der Waals surface area (Å²) < 4.78 is 60.5. The van der Waals surface area contributed by atoms with E-state index in [1.807, 2.05) is 0 Å². The highest BCUT2D eigenvalue weighted by atomic mass is 19.4. The van der Waals surface area contributed by atoms with Crippen molar-refractivity contribution in [3.63, 3.8) is 0 Å². The Kier molecular flexibility index (Phi) is 2.05. The van der Waals surface area contributed by atoms with Gasteiger partial charge in [0.25, 0.3) is 0 Å². The molecule has 88 valence electrons. The Morgan fingerprint density at radius 1 is 1.18 bits per heavy atom. The number of rotatable bonds is 1. The highest BCUT2D eigenvalue weighted by Gasteiger charge is 2.32. The summed E-state index contributed by atoms with van der Waals surface area (Å²) in [5, 5.41) is 0. The zero-order valence-corrected chi connectivity index (χ0v) is 8.62. The van der Waals surface area contributed by atoms with Crippen molar-refractivity contribution in [1.29, 1.82) is 0 Å². The Morgan fingerprint density at radius 2 is 1.88 bits per heavy atom. The molecule has 0 bridgehead atoms. The molecule has 2 aromatic rings. The van der Waals surface area contributed by atoms with Gasteiger partial charge >= 0.3 is 6.18 Å². The minimum Gasteiger partial charge on any atom is -0.256 e. The number of alkyl halides is 3. The predicted molar refractivity (Wildman–Crippen MR) is 59.4 cm³/mol. The summed E-state index contributed by atoms with van der Waals surface area (Å²) in [5.41, 5.74) is -1.38. The van der Waals surface area contributed by atoms with Gasteiger partial charge in [-0.2, -0.15) is 13.2 Å². The van der Waals surface area contributed by atoms with Crippen LogP contribution in [0.2, 0.25) is 0 Å². The Balaban J connectivity index is 2.62. The van der Waals surface area contributed by atoms with Crippen LogP contribution in [-0.4, -0.2) is 4.98 Å². The van der Waals surface area contributed by atoms with Crippen LogP contribution in [0.1, 0.15) is 15.2 Å². The maximum absolute atomic E-state index is 13.0. The van der Waals surface area contributed by atoms with E-state index in [0.29, 0.717) is 5.56 Å². The molecule has 0 aliphatic rings. The summed E-state index contributed by atoms with van der Waals surface area (Å²) in [4.78, 5) is 3.83. The fraction of sp³-hybridized carbons (Fsp3) is 0.154. The normalized spacial score (nSPS) is 14.9. The van der Waals surface area contributed by atoms with E-state index >= 15 is 0 Å². The number of aromatic nitrogens is 1. The van der Waals surface area contributed by atoms with Gasteiger partial charge in [0.15, 0.2) is 0 Å². The van der Waals surface area contributed by atoms with E-state index in [2.05, 4.69) is 4.98 Å². The number of halogens is 3. The number of pyridine rings is 1. The summed E-state index contributed by atoms with van der Waals surface area (Å²) in [6, 6.07) is 9.06. The molecule has 1 heterocycles. The van der Waals surface area contributed by atoms with E-state index in [1.165, 1.54) is 0 Å². The number of nitrogens with zero attached hydrogens (tertiary/aromatic N) is 1. The van der Waals surface area contributed by atoms with E-state index in [0.717, 1.165) is 12.3 Å². The Hall–Kier alpha value is -1.84. The maximum atomic E-state index is 13.0. The van der Waals surface area contributed by atoms with Gasteiger partial charge < -0.3 is 0 Å². The van der Waals surface area contributed by atoms with Crippen LogP contribution in [0, 0.1) is 6.85 Å². The van der Waals surface area contributed by atoms with Gasteiger partial charge in [0.05, 0.1) is 11.3 Å². The molecule has 0 N–H and O–H groups in total. The van der Waals surface area contributed by atoms with Gasteiger partial charge in [0.2, 0.25) is 0 Å². The molecule has 0 saturated heterocycles. The molecule has 1 nitrogen and oxygen atoms in total. The topological polar surface area (TPSA) is 12.9 Å². The lowest BCUT2D eigenvalue weighted by atomic mass is 10.1. The second-order valence-corrected chi connectivity index (χ2v) is 3.48. The molecule has 4 heteroatoms. The third kappa shape index (κ3) is 2.46. The molecule has 2 rings (SSSR count). The molecular formula is C13H10F3N. The summed E-state index contributed by atoms with van der Waals surface area (Å²) in [5.74, 6) is 0. The van der Waals surface area contributed by atoms with E-state index in [9.17, 15) is 13.2 Å². The molecule has 0 radical (unpaired) electrons. The molecule has 0 fully saturated rings. The highest BCUT2D eigenvalue weighted by molar-refractivity contribution is 5.60. The monoisotopic (exact) mass is 240 g/mol. The first-order valence-electron chi connectivity index (χ1n) is 6.33. The third-order valence-electron chi connectivity index (χ3n) is 2.28. The van der Waals surface area contributed by atoms with Gasteiger partial charge in [0.1, 0.15) is 0 Å². The van der Waals surface area contributed by atoms with E-state index in [1.54, 1.807) is 30.3 Å². The van der Waals surface area contributed by atoms with E-state index in [4.69, 9.17) is 4.11 Å². The molecule has 0 amide bonds. The van der Waals surface area contributed by atoms with Gasteiger partial charge in [-0.3, -0.25) is 4.98 Å².